The number of hydrogen-bond donors (Lipinski definition) is 0. The van der Waals surface area contributed by atoms with Crippen molar-refractivity contribution in [2.45, 2.75) is 13.8 Å². The van der Waals surface area contributed by atoms with Gasteiger partial charge in [-0.15, -0.1) is 0 Å². The van der Waals surface area contributed by atoms with Gasteiger partial charge in [-0.3, -0.25) is 0 Å². The highest BCUT2D eigenvalue weighted by Crippen LogP contribution is 2.23. The summed E-state index contributed by atoms with van der Waals surface area (Å²) < 4.78 is 0. The number of hydrogen-bond acceptors (Lipinski definition) is 0. The van der Waals surface area contributed by atoms with Gasteiger partial charge in [-0.25, -0.2) is 0 Å². The van der Waals surface area contributed by atoms with Crippen molar-refractivity contribution < 1.29 is 0 Å². The lowest BCUT2D eigenvalue weighted by molar-refractivity contribution is 1.47. The van der Waals surface area contributed by atoms with Gasteiger partial charge in [-0.2, -0.15) is 0 Å². The first kappa shape index (κ1) is 14.1. The van der Waals surface area contributed by atoms with E-state index in [0.717, 1.165) is 0 Å². The second-order valence-electron chi connectivity index (χ2n) is 4.80. The van der Waals surface area contributed by atoms with Gasteiger partial charge in [0, 0.05) is 0 Å². The molecule has 0 aliphatic heterocycles. The largest absolute Gasteiger partial charge is 0.0990 e. The van der Waals surface area contributed by atoms with Crippen molar-refractivity contribution in [1.82, 2.24) is 0 Å². The quantitative estimate of drug-likeness (QED) is 0.609. The van der Waals surface area contributed by atoms with Crippen molar-refractivity contribution in [3.63, 3.8) is 0 Å². The van der Waals surface area contributed by atoms with Gasteiger partial charge in [0.2, 0.25) is 0 Å². The molecule has 0 aliphatic rings. The van der Waals surface area contributed by atoms with Crippen LogP contribution in [-0.2, 0) is 0 Å². The Kier molecular flexibility index (Phi) is 4.73. The van der Waals surface area contributed by atoms with Crippen LogP contribution in [0.15, 0.2) is 79.4 Å². The molecular weight excluding hydrogens is 240 g/mol. The van der Waals surface area contributed by atoms with Gasteiger partial charge in [-0.1, -0.05) is 85.0 Å². The predicted octanol–water partition coefficient (Wildman–Crippen LogP) is 5.81. The van der Waals surface area contributed by atoms with E-state index in [1.54, 1.807) is 0 Å². The van der Waals surface area contributed by atoms with Crippen molar-refractivity contribution in [3.05, 3.63) is 90.5 Å². The van der Waals surface area contributed by atoms with E-state index < -0.39 is 0 Å². The molecule has 0 saturated carbocycles. The normalized spacial score (nSPS) is 11.8. The molecule has 0 heteroatoms. The number of allylic oxidation sites excluding steroid dienone is 5. The fourth-order valence-corrected chi connectivity index (χ4v) is 2.16. The Morgan fingerprint density at radius 2 is 1.45 bits per heavy atom. The van der Waals surface area contributed by atoms with Gasteiger partial charge in [0.1, 0.15) is 0 Å². The highest BCUT2D eigenvalue weighted by atomic mass is 14.0. The molecule has 0 unspecified atom stereocenters. The van der Waals surface area contributed by atoms with E-state index in [0.29, 0.717) is 0 Å². The molecule has 0 heterocycles. The molecule has 0 saturated heterocycles. The van der Waals surface area contributed by atoms with Gasteiger partial charge in [0.05, 0.1) is 0 Å². The maximum Gasteiger partial charge on any atom is -0.0184 e. The molecule has 0 spiro atoms. The maximum atomic E-state index is 3.77. The summed E-state index contributed by atoms with van der Waals surface area (Å²) >= 11 is 0. The average molecular weight is 260 g/mol. The molecule has 0 fully saturated rings. The molecule has 0 N–H and O–H groups in total. The highest BCUT2D eigenvalue weighted by molar-refractivity contribution is 5.77. The zero-order chi connectivity index (χ0) is 14.4. The number of rotatable bonds is 4. The Morgan fingerprint density at radius 1 is 0.900 bits per heavy atom. The summed E-state index contributed by atoms with van der Waals surface area (Å²) in [5.41, 5.74) is 6.17. The van der Waals surface area contributed by atoms with Crippen LogP contribution in [0, 0.1) is 6.92 Å². The minimum absolute atomic E-state index is 1.18. The summed E-state index contributed by atoms with van der Waals surface area (Å²) in [6.45, 7) is 7.90. The summed E-state index contributed by atoms with van der Waals surface area (Å²) in [4.78, 5) is 0. The smallest absolute Gasteiger partial charge is 0.0184 e. The van der Waals surface area contributed by atoms with Gasteiger partial charge in [-0.05, 0) is 36.1 Å². The van der Waals surface area contributed by atoms with Crippen LogP contribution >= 0.6 is 0 Å². The summed E-state index contributed by atoms with van der Waals surface area (Å²) in [5, 5.41) is 0. The van der Waals surface area contributed by atoms with Crippen molar-refractivity contribution in [3.8, 4) is 11.1 Å². The monoisotopic (exact) mass is 260 g/mol. The first-order chi connectivity index (χ1) is 9.74. The van der Waals surface area contributed by atoms with Crippen LogP contribution < -0.4 is 0 Å². The van der Waals surface area contributed by atoms with Crippen LogP contribution in [-0.4, -0.2) is 0 Å². The molecule has 20 heavy (non-hydrogen) atoms. The van der Waals surface area contributed by atoms with Crippen molar-refractivity contribution in [2.75, 3.05) is 0 Å². The molecule has 0 radical (unpaired) electrons. The van der Waals surface area contributed by atoms with Gasteiger partial charge < -0.3 is 0 Å². The molecule has 2 aromatic rings. The van der Waals surface area contributed by atoms with E-state index in [9.17, 15) is 0 Å². The Balaban J connectivity index is 2.32. The minimum Gasteiger partial charge on any atom is -0.0990 e. The topological polar surface area (TPSA) is 0 Å². The van der Waals surface area contributed by atoms with Crippen LogP contribution in [0.3, 0.4) is 0 Å². The first-order valence-corrected chi connectivity index (χ1v) is 6.87. The zero-order valence-electron chi connectivity index (χ0n) is 12.1. The van der Waals surface area contributed by atoms with Gasteiger partial charge >= 0.3 is 0 Å². The van der Waals surface area contributed by atoms with E-state index in [2.05, 4.69) is 68.1 Å². The van der Waals surface area contributed by atoms with Crippen LogP contribution in [0.2, 0.25) is 0 Å². The zero-order valence-corrected chi connectivity index (χ0v) is 12.1. The third kappa shape index (κ3) is 3.36. The second-order valence-corrected chi connectivity index (χ2v) is 4.80. The summed E-state index contributed by atoms with van der Waals surface area (Å²) in [7, 11) is 0. The van der Waals surface area contributed by atoms with E-state index in [1.807, 2.05) is 25.2 Å². The Labute approximate surface area is 121 Å². The van der Waals surface area contributed by atoms with Gasteiger partial charge in [0.25, 0.3) is 0 Å². The molecule has 0 atom stereocenters. The van der Waals surface area contributed by atoms with Crippen molar-refractivity contribution in [2.24, 2.45) is 0 Å². The molecule has 0 bridgehead atoms. The highest BCUT2D eigenvalue weighted by Gasteiger charge is 2.00. The third-order valence-electron chi connectivity index (χ3n) is 3.25. The molecule has 2 aromatic carbocycles. The SMILES string of the molecule is C=C/C=C(\C=C/C)c1ccc(-c2ccc(C)cc2)cc1. The van der Waals surface area contributed by atoms with Gasteiger partial charge in [0.15, 0.2) is 0 Å². The molecule has 0 amide bonds. The van der Waals surface area contributed by atoms with Crippen LogP contribution in [0.4, 0.5) is 0 Å². The minimum atomic E-state index is 1.18. The van der Waals surface area contributed by atoms with Crippen LogP contribution in [0.25, 0.3) is 16.7 Å². The van der Waals surface area contributed by atoms with E-state index >= 15 is 0 Å². The van der Waals surface area contributed by atoms with Crippen molar-refractivity contribution >= 4 is 5.57 Å². The molecule has 0 nitrogen and oxygen atoms in total. The van der Waals surface area contributed by atoms with E-state index in [-0.39, 0.29) is 0 Å². The fraction of sp³-hybridized carbons (Fsp3) is 0.100. The van der Waals surface area contributed by atoms with Crippen LogP contribution in [0.5, 0.6) is 0 Å². The predicted molar refractivity (Wildman–Crippen MR) is 89.6 cm³/mol. The molecular formula is C20H20. The van der Waals surface area contributed by atoms with Crippen molar-refractivity contribution in [1.29, 1.82) is 0 Å². The lowest BCUT2D eigenvalue weighted by Gasteiger charge is -2.06. The molecule has 0 aliphatic carbocycles. The first-order valence-electron chi connectivity index (χ1n) is 6.87. The lowest BCUT2D eigenvalue weighted by Crippen LogP contribution is -1.83. The average Bonchev–Trinajstić information content (AvgIpc) is 2.48. The summed E-state index contributed by atoms with van der Waals surface area (Å²) in [5.74, 6) is 0. The lowest BCUT2D eigenvalue weighted by atomic mass is 9.99. The number of benzene rings is 2. The third-order valence-corrected chi connectivity index (χ3v) is 3.25. The summed E-state index contributed by atoms with van der Waals surface area (Å²) in [6.07, 6.45) is 8.00. The Hall–Kier alpha value is -2.34. The Morgan fingerprint density at radius 3 is 1.95 bits per heavy atom. The molecule has 0 aromatic heterocycles. The van der Waals surface area contributed by atoms with E-state index in [1.165, 1.54) is 27.8 Å². The van der Waals surface area contributed by atoms with Crippen LogP contribution in [0.1, 0.15) is 18.1 Å². The molecule has 2 rings (SSSR count). The van der Waals surface area contributed by atoms with E-state index in [4.69, 9.17) is 0 Å². The standard InChI is InChI=1S/C20H20/c1-4-6-17(7-5-2)19-12-14-20(15-13-19)18-10-8-16(3)9-11-18/h4-15H,1H2,2-3H3/b7-5-,17-6+. The maximum absolute atomic E-state index is 3.77. The second kappa shape index (κ2) is 6.72. The summed E-state index contributed by atoms with van der Waals surface area (Å²) in [6, 6.07) is 17.3. The molecule has 100 valence electrons. The fourth-order valence-electron chi connectivity index (χ4n) is 2.16. The number of aryl methyl sites for hydroxylation is 1. The Bertz CT molecular complexity index is 623.